The second-order valence-electron chi connectivity index (χ2n) is 18.9. The van der Waals surface area contributed by atoms with Gasteiger partial charge in [0.2, 0.25) is 0 Å². The van der Waals surface area contributed by atoms with E-state index < -0.39 is 52.2 Å². The van der Waals surface area contributed by atoms with E-state index in [-0.39, 0.29) is 32.5 Å². The zero-order chi connectivity index (χ0) is 44.1. The summed E-state index contributed by atoms with van der Waals surface area (Å²) in [7, 11) is -1.33. The van der Waals surface area contributed by atoms with Crippen LogP contribution in [-0.2, 0) is 23.7 Å². The summed E-state index contributed by atoms with van der Waals surface area (Å²) >= 11 is -0.152. The molecular weight excluding hydrogens is 856 g/mol. The number of benzene rings is 3. The van der Waals surface area contributed by atoms with Crippen molar-refractivity contribution >= 4 is 47.5 Å². The molecule has 0 saturated carbocycles. The molecule has 0 bridgehead atoms. The summed E-state index contributed by atoms with van der Waals surface area (Å²) in [5.74, 6) is -0.126. The first-order valence-electron chi connectivity index (χ1n) is 21.4. The molecule has 0 radical (unpaired) electrons. The van der Waals surface area contributed by atoms with Crippen molar-refractivity contribution in [3.05, 3.63) is 102 Å². The zero-order valence-corrected chi connectivity index (χ0v) is 41.8. The van der Waals surface area contributed by atoms with Gasteiger partial charge in [0.15, 0.2) is 0 Å². The summed E-state index contributed by atoms with van der Waals surface area (Å²) in [4.78, 5) is 27.8. The van der Waals surface area contributed by atoms with Crippen molar-refractivity contribution < 1.29 is 42.7 Å². The number of hydrogen-bond donors (Lipinski definition) is 0. The molecule has 0 aromatic heterocycles. The Balaban J connectivity index is 1.79. The Labute approximate surface area is 368 Å². The molecule has 3 aromatic carbocycles. The van der Waals surface area contributed by atoms with E-state index in [9.17, 15) is 9.59 Å². The molecule has 330 valence electrons. The minimum absolute atomic E-state index is 0.0441. The van der Waals surface area contributed by atoms with Crippen LogP contribution in [0.5, 0.6) is 11.5 Å². The Morgan fingerprint density at radius 2 is 1.45 bits per heavy atom. The third-order valence-electron chi connectivity index (χ3n) is 10.4. The molecule has 60 heavy (non-hydrogen) atoms. The number of carbonyl (C=O) groups excluding carboxylic acids is 2. The van der Waals surface area contributed by atoms with E-state index in [4.69, 9.17) is 33.2 Å². The summed E-state index contributed by atoms with van der Waals surface area (Å²) in [6, 6.07) is 25.1. The third kappa shape index (κ3) is 16.2. The van der Waals surface area contributed by atoms with Crippen molar-refractivity contribution in [2.45, 2.75) is 128 Å². The van der Waals surface area contributed by atoms with Crippen LogP contribution in [0.2, 0.25) is 51.4 Å². The molecule has 1 fully saturated rings. The summed E-state index contributed by atoms with van der Waals surface area (Å²) in [6.07, 6.45) is 3.52. The van der Waals surface area contributed by atoms with Crippen molar-refractivity contribution in [2.75, 3.05) is 27.1 Å². The molecule has 1 aliphatic heterocycles. The average Bonchev–Trinajstić information content (AvgIpc) is 3.49. The average molecular weight is 926 g/mol. The first-order chi connectivity index (χ1) is 28.2. The first kappa shape index (κ1) is 49.4. The number of rotatable bonds is 23. The fraction of sp³-hybridized carbons (Fsp3) is 0.542. The Hall–Kier alpha value is -3.23. The first-order valence-corrected chi connectivity index (χ1v) is 30.6. The topological polar surface area (TPSA) is 98.8 Å². The van der Waals surface area contributed by atoms with Crippen LogP contribution in [0.4, 0.5) is 0 Å². The predicted molar refractivity (Wildman–Crippen MR) is 247 cm³/mol. The van der Waals surface area contributed by atoms with Gasteiger partial charge in [0, 0.05) is 0 Å². The predicted octanol–water partition coefficient (Wildman–Crippen LogP) is 10.3. The van der Waals surface area contributed by atoms with Crippen LogP contribution in [0.25, 0.3) is 0 Å². The van der Waals surface area contributed by atoms with E-state index in [1.54, 1.807) is 25.3 Å². The molecule has 12 heteroatoms. The molecule has 1 aliphatic rings. The van der Waals surface area contributed by atoms with E-state index in [1.165, 1.54) is 4.46 Å². The van der Waals surface area contributed by atoms with Gasteiger partial charge in [0.05, 0.1) is 0 Å². The molecule has 9 nitrogen and oxygen atoms in total. The summed E-state index contributed by atoms with van der Waals surface area (Å²) in [5, 5.41) is 0. The van der Waals surface area contributed by atoms with Crippen molar-refractivity contribution in [3.8, 4) is 11.5 Å². The van der Waals surface area contributed by atoms with Crippen LogP contribution < -0.4 is 13.9 Å². The molecule has 0 amide bonds. The molecule has 0 spiro atoms. The van der Waals surface area contributed by atoms with Crippen LogP contribution in [0.15, 0.2) is 84.9 Å². The Morgan fingerprint density at radius 1 is 0.817 bits per heavy atom. The van der Waals surface area contributed by atoms with Gasteiger partial charge in [-0.25, -0.2) is 0 Å². The van der Waals surface area contributed by atoms with Gasteiger partial charge in [-0.2, -0.15) is 0 Å². The van der Waals surface area contributed by atoms with Crippen LogP contribution in [0.3, 0.4) is 0 Å². The van der Waals surface area contributed by atoms with E-state index >= 15 is 0 Å². The fourth-order valence-electron chi connectivity index (χ4n) is 6.51. The summed E-state index contributed by atoms with van der Waals surface area (Å²) in [5.41, 5.74) is 1.67. The molecule has 3 unspecified atom stereocenters. The minimum atomic E-state index is -1.49. The van der Waals surface area contributed by atoms with Crippen molar-refractivity contribution in [1.82, 2.24) is 0 Å². The number of carbonyl (C=O) groups is 2. The number of ether oxygens (including phenoxy) is 7. The monoisotopic (exact) mass is 926 g/mol. The maximum atomic E-state index is 14.4. The Kier molecular flexibility index (Phi) is 18.7. The third-order valence-corrected chi connectivity index (χ3v) is 16.6. The second-order valence-corrected chi connectivity index (χ2v) is 32.8. The quantitative estimate of drug-likeness (QED) is 0.0398. The van der Waals surface area contributed by atoms with E-state index in [0.717, 1.165) is 17.7 Å². The molecule has 0 N–H and O–H groups in total. The number of methoxy groups -OCH3 is 1. The van der Waals surface area contributed by atoms with Gasteiger partial charge < -0.3 is 0 Å². The fourth-order valence-corrected chi connectivity index (χ4v) is 10.5. The number of esters is 2. The van der Waals surface area contributed by atoms with E-state index in [2.05, 4.69) is 78.3 Å². The number of allylic oxidation sites excluding steroid dienone is 1. The van der Waals surface area contributed by atoms with Crippen LogP contribution >= 0.6 is 0 Å². The Bertz CT molecular complexity index is 1820. The van der Waals surface area contributed by atoms with E-state index in [0.29, 0.717) is 54.6 Å². The van der Waals surface area contributed by atoms with Crippen molar-refractivity contribution in [3.63, 3.8) is 0 Å². The van der Waals surface area contributed by atoms with Crippen LogP contribution in [0.1, 0.15) is 78.6 Å². The maximum absolute atomic E-state index is 14.4. The summed E-state index contributed by atoms with van der Waals surface area (Å²) < 4.78 is 44.9. The standard InChI is InChI=1S/C48H70O9SeSi2/c1-34(2)35(3)23-24-40(55-46(49)36-19-15-13-16-20-36)45-41(56-48(4,5)57-45)25-26-43(58-38-21-17-14-18-22-38)39-31-37(52-27-29-59(7,8)9)32-42(54-33-51-6)44(39)47(50)53-28-30-60(10,11)12/h13-24,31-32,34-35,40-41,43,45H,25-30,33H2,1-12H3/b24-23-/t35-,40?,41+,43?,45?/m1/s1. The van der Waals surface area contributed by atoms with Crippen LogP contribution in [-0.4, -0.2) is 94.3 Å². The van der Waals surface area contributed by atoms with Gasteiger partial charge in [0.25, 0.3) is 0 Å². The molecule has 1 saturated heterocycles. The second kappa shape index (κ2) is 22.7. The van der Waals surface area contributed by atoms with Crippen LogP contribution in [0, 0.1) is 11.8 Å². The van der Waals surface area contributed by atoms with E-state index in [1.807, 2.05) is 62.4 Å². The molecule has 1 heterocycles. The number of hydrogen-bond acceptors (Lipinski definition) is 9. The molecular formula is C48H70O9SeSi2. The van der Waals surface area contributed by atoms with Crippen molar-refractivity contribution in [1.29, 1.82) is 0 Å². The van der Waals surface area contributed by atoms with Crippen molar-refractivity contribution in [2.24, 2.45) is 11.8 Å². The molecule has 0 aliphatic carbocycles. The van der Waals surface area contributed by atoms with Gasteiger partial charge >= 0.3 is 370 Å². The summed E-state index contributed by atoms with van der Waals surface area (Å²) in [6.45, 7) is 24.9. The zero-order valence-electron chi connectivity index (χ0n) is 38.1. The van der Waals surface area contributed by atoms with Gasteiger partial charge in [-0.1, -0.05) is 0 Å². The van der Waals surface area contributed by atoms with Gasteiger partial charge in [0.1, 0.15) is 0 Å². The Morgan fingerprint density at radius 3 is 2.07 bits per heavy atom. The van der Waals surface area contributed by atoms with Gasteiger partial charge in [-0.05, 0) is 0 Å². The molecule has 4 rings (SSSR count). The molecule has 3 aromatic rings. The van der Waals surface area contributed by atoms with Gasteiger partial charge in [-0.15, -0.1) is 0 Å². The van der Waals surface area contributed by atoms with Gasteiger partial charge in [-0.3, -0.25) is 0 Å². The SMILES string of the molecule is COCOc1cc(OCC[Si](C)(C)C)cc(C(CC[C@@H]2OC(C)(C)OC2C(/C=C\[C@@H](C)C(C)C)OC(=O)c2ccccc2)[Se]c2ccccc2)c1C(=O)OCC[Si](C)(C)C. The molecule has 5 atom stereocenters. The normalized spacial score (nSPS) is 18.3.